The molecule has 1 aliphatic carbocycles. The number of rotatable bonds is 3. The second-order valence-corrected chi connectivity index (χ2v) is 5.10. The Balaban J connectivity index is 2.15. The fourth-order valence-electron chi connectivity index (χ4n) is 2.23. The molecule has 1 aromatic rings. The highest BCUT2D eigenvalue weighted by Gasteiger charge is 2.28. The highest BCUT2D eigenvalue weighted by molar-refractivity contribution is 7.80. The van der Waals surface area contributed by atoms with E-state index in [9.17, 15) is 0 Å². The summed E-state index contributed by atoms with van der Waals surface area (Å²) < 4.78 is 0. The van der Waals surface area contributed by atoms with Crippen LogP contribution in [-0.4, -0.2) is 15.5 Å². The van der Waals surface area contributed by atoms with Gasteiger partial charge in [-0.2, -0.15) is 0 Å². The van der Waals surface area contributed by atoms with E-state index >= 15 is 0 Å². The molecule has 86 valence electrons. The minimum absolute atomic E-state index is 0.182. The topological polar surface area (TPSA) is 50.9 Å². The molecule has 1 saturated carbocycles. The molecule has 0 unspecified atom stereocenters. The monoisotopic (exact) mass is 235 g/mol. The summed E-state index contributed by atoms with van der Waals surface area (Å²) in [5, 5.41) is 3.49. The van der Waals surface area contributed by atoms with Crippen LogP contribution in [-0.2, 0) is 0 Å². The lowest BCUT2D eigenvalue weighted by atomic mass is 10.0. The number of anilines is 1. The van der Waals surface area contributed by atoms with Crippen molar-refractivity contribution in [2.45, 2.75) is 38.1 Å². The predicted molar refractivity (Wildman–Crippen MR) is 70.6 cm³/mol. The Morgan fingerprint density at radius 1 is 1.44 bits per heavy atom. The molecule has 0 amide bonds. The number of thiocarbonyl (C=S) groups is 1. The zero-order valence-electron chi connectivity index (χ0n) is 9.49. The molecular weight excluding hydrogens is 218 g/mol. The van der Waals surface area contributed by atoms with E-state index in [2.05, 4.69) is 17.2 Å². The van der Waals surface area contributed by atoms with Gasteiger partial charge in [0.1, 0.15) is 10.8 Å². The van der Waals surface area contributed by atoms with Crippen LogP contribution < -0.4 is 11.1 Å². The van der Waals surface area contributed by atoms with Crippen molar-refractivity contribution in [1.29, 1.82) is 0 Å². The van der Waals surface area contributed by atoms with E-state index < -0.39 is 0 Å². The van der Waals surface area contributed by atoms with Gasteiger partial charge in [0.05, 0.1) is 5.69 Å². The minimum Gasteiger partial charge on any atom is -0.388 e. The summed E-state index contributed by atoms with van der Waals surface area (Å²) in [6.07, 6.45) is 4.98. The molecule has 2 rings (SSSR count). The second-order valence-electron chi connectivity index (χ2n) is 4.67. The van der Waals surface area contributed by atoms with Crippen LogP contribution in [0.25, 0.3) is 0 Å². The van der Waals surface area contributed by atoms with Gasteiger partial charge in [-0.25, -0.2) is 4.98 Å². The van der Waals surface area contributed by atoms with Gasteiger partial charge in [-0.05, 0) is 31.9 Å². The van der Waals surface area contributed by atoms with Crippen LogP contribution in [0.2, 0.25) is 0 Å². The third-order valence-electron chi connectivity index (χ3n) is 3.14. The number of nitrogens with zero attached hydrogens (tertiary/aromatic N) is 1. The third kappa shape index (κ3) is 2.50. The Morgan fingerprint density at radius 3 is 2.75 bits per heavy atom. The Bertz CT molecular complexity index is 397. The molecule has 1 fully saturated rings. The van der Waals surface area contributed by atoms with Gasteiger partial charge in [0, 0.05) is 5.54 Å². The van der Waals surface area contributed by atoms with Gasteiger partial charge in [0.15, 0.2) is 0 Å². The standard InChI is InChI=1S/C12H17N3S/c1-12(7-2-3-8-12)15-10-6-4-5-9(14-10)11(13)16/h4-6H,2-3,7-8H2,1H3,(H2,13,16)(H,14,15). The largest absolute Gasteiger partial charge is 0.388 e. The highest BCUT2D eigenvalue weighted by atomic mass is 32.1. The van der Waals surface area contributed by atoms with Crippen LogP contribution in [0, 0.1) is 0 Å². The van der Waals surface area contributed by atoms with Crippen molar-refractivity contribution in [3.05, 3.63) is 23.9 Å². The van der Waals surface area contributed by atoms with E-state index in [1.54, 1.807) is 0 Å². The van der Waals surface area contributed by atoms with Crippen LogP contribution in [0.15, 0.2) is 18.2 Å². The molecule has 4 heteroatoms. The lowest BCUT2D eigenvalue weighted by molar-refractivity contribution is 0.531. The fraction of sp³-hybridized carbons (Fsp3) is 0.500. The Kier molecular flexibility index (Phi) is 3.10. The lowest BCUT2D eigenvalue weighted by Gasteiger charge is -2.26. The highest BCUT2D eigenvalue weighted by Crippen LogP contribution is 2.31. The third-order valence-corrected chi connectivity index (χ3v) is 3.35. The molecule has 3 nitrogen and oxygen atoms in total. The number of nitrogens with one attached hydrogen (secondary N) is 1. The van der Waals surface area contributed by atoms with Crippen molar-refractivity contribution >= 4 is 23.0 Å². The van der Waals surface area contributed by atoms with Gasteiger partial charge >= 0.3 is 0 Å². The zero-order chi connectivity index (χ0) is 11.6. The van der Waals surface area contributed by atoms with E-state index in [-0.39, 0.29) is 5.54 Å². The average molecular weight is 235 g/mol. The van der Waals surface area contributed by atoms with Crippen LogP contribution in [0.5, 0.6) is 0 Å². The molecule has 0 saturated heterocycles. The van der Waals surface area contributed by atoms with Crippen molar-refractivity contribution in [3.63, 3.8) is 0 Å². The van der Waals surface area contributed by atoms with Crippen LogP contribution in [0.3, 0.4) is 0 Å². The van der Waals surface area contributed by atoms with Crippen LogP contribution in [0.1, 0.15) is 38.3 Å². The first-order valence-electron chi connectivity index (χ1n) is 5.64. The molecular formula is C12H17N3S. The van der Waals surface area contributed by atoms with Crippen molar-refractivity contribution in [3.8, 4) is 0 Å². The van der Waals surface area contributed by atoms with Crippen molar-refractivity contribution in [2.24, 2.45) is 5.73 Å². The van der Waals surface area contributed by atoms with Gasteiger partial charge in [0.2, 0.25) is 0 Å². The van der Waals surface area contributed by atoms with Crippen molar-refractivity contribution in [1.82, 2.24) is 4.98 Å². The van der Waals surface area contributed by atoms with Gasteiger partial charge in [-0.1, -0.05) is 31.1 Å². The summed E-state index contributed by atoms with van der Waals surface area (Å²) in [7, 11) is 0. The Hall–Kier alpha value is -1.16. The number of hydrogen-bond acceptors (Lipinski definition) is 3. The quantitative estimate of drug-likeness (QED) is 0.790. The first-order chi connectivity index (χ1) is 7.59. The van der Waals surface area contributed by atoms with Crippen molar-refractivity contribution in [2.75, 3.05) is 5.32 Å². The van der Waals surface area contributed by atoms with Crippen LogP contribution >= 0.6 is 12.2 Å². The summed E-state index contributed by atoms with van der Waals surface area (Å²) in [4.78, 5) is 4.75. The number of pyridine rings is 1. The first-order valence-corrected chi connectivity index (χ1v) is 6.05. The van der Waals surface area contributed by atoms with Crippen molar-refractivity contribution < 1.29 is 0 Å². The zero-order valence-corrected chi connectivity index (χ0v) is 10.3. The number of nitrogens with two attached hydrogens (primary N) is 1. The van der Waals surface area contributed by atoms with E-state index in [0.29, 0.717) is 10.7 Å². The Morgan fingerprint density at radius 2 is 2.12 bits per heavy atom. The normalized spacial score (nSPS) is 18.3. The molecule has 16 heavy (non-hydrogen) atoms. The maximum absolute atomic E-state index is 5.56. The maximum atomic E-state index is 5.56. The Labute approximate surface area is 101 Å². The lowest BCUT2D eigenvalue weighted by Crippen LogP contribution is -2.31. The molecule has 1 heterocycles. The summed E-state index contributed by atoms with van der Waals surface area (Å²) >= 11 is 4.92. The van der Waals surface area contributed by atoms with Gasteiger partial charge in [-0.3, -0.25) is 0 Å². The molecule has 1 aliphatic rings. The summed E-state index contributed by atoms with van der Waals surface area (Å²) in [6.45, 7) is 2.25. The van der Waals surface area contributed by atoms with E-state index in [1.807, 2.05) is 18.2 Å². The molecule has 0 atom stereocenters. The summed E-state index contributed by atoms with van der Waals surface area (Å²) in [5.74, 6) is 0.870. The van der Waals surface area contributed by atoms with Gasteiger partial charge < -0.3 is 11.1 Å². The van der Waals surface area contributed by atoms with Gasteiger partial charge in [-0.15, -0.1) is 0 Å². The molecule has 1 aromatic heterocycles. The molecule has 0 bridgehead atoms. The molecule has 0 aromatic carbocycles. The molecule has 0 spiro atoms. The second kappa shape index (κ2) is 4.37. The number of hydrogen-bond donors (Lipinski definition) is 2. The smallest absolute Gasteiger partial charge is 0.127 e. The first kappa shape index (κ1) is 11.3. The number of aromatic nitrogens is 1. The fourth-order valence-corrected chi connectivity index (χ4v) is 2.34. The predicted octanol–water partition coefficient (Wildman–Crippen LogP) is 2.46. The van der Waals surface area contributed by atoms with E-state index in [1.165, 1.54) is 25.7 Å². The van der Waals surface area contributed by atoms with E-state index in [4.69, 9.17) is 18.0 Å². The molecule has 0 radical (unpaired) electrons. The summed E-state index contributed by atoms with van der Waals surface area (Å²) in [6, 6.07) is 5.73. The summed E-state index contributed by atoms with van der Waals surface area (Å²) in [5.41, 5.74) is 6.43. The van der Waals surface area contributed by atoms with Gasteiger partial charge in [0.25, 0.3) is 0 Å². The van der Waals surface area contributed by atoms with Crippen LogP contribution in [0.4, 0.5) is 5.82 Å². The minimum atomic E-state index is 0.182. The average Bonchev–Trinajstić information content (AvgIpc) is 2.65. The maximum Gasteiger partial charge on any atom is 0.127 e. The molecule has 3 N–H and O–H groups in total. The van der Waals surface area contributed by atoms with E-state index in [0.717, 1.165) is 5.82 Å². The molecule has 0 aliphatic heterocycles. The SMILES string of the molecule is CC1(Nc2cccc(C(N)=S)n2)CCCC1.